The van der Waals surface area contributed by atoms with Gasteiger partial charge in [0.2, 0.25) is 0 Å². The van der Waals surface area contributed by atoms with E-state index in [4.69, 9.17) is 9.47 Å². The second kappa shape index (κ2) is 7.74. The largest absolute Gasteiger partial charge is 0.490 e. The zero-order chi connectivity index (χ0) is 13.5. The van der Waals surface area contributed by atoms with Crippen LogP contribution in [0.5, 0.6) is 5.75 Å². The molecule has 1 aromatic rings. The summed E-state index contributed by atoms with van der Waals surface area (Å²) < 4.78 is 11.5. The van der Waals surface area contributed by atoms with Crippen molar-refractivity contribution in [3.8, 4) is 5.75 Å². The predicted molar refractivity (Wildman–Crippen MR) is 72.8 cm³/mol. The topological polar surface area (TPSA) is 58.9 Å². The molecular weight excluding hydrogens is 300 g/mol. The van der Waals surface area contributed by atoms with Gasteiger partial charge in [0, 0.05) is 16.6 Å². The number of benzene rings is 1. The van der Waals surface area contributed by atoms with Crippen molar-refractivity contribution < 1.29 is 19.7 Å². The molecule has 0 amide bonds. The Balaban J connectivity index is 2.61. The number of ether oxygens (including phenoxy) is 2. The lowest BCUT2D eigenvalue weighted by atomic mass is 10.1. The highest BCUT2D eigenvalue weighted by Crippen LogP contribution is 2.28. The van der Waals surface area contributed by atoms with Crippen molar-refractivity contribution >= 4 is 15.9 Å². The van der Waals surface area contributed by atoms with Crippen molar-refractivity contribution in [1.29, 1.82) is 0 Å². The molecule has 0 heterocycles. The normalized spacial score (nSPS) is 14.3. The molecule has 5 heteroatoms. The van der Waals surface area contributed by atoms with E-state index in [0.717, 1.165) is 4.47 Å². The molecule has 1 rings (SSSR count). The molecule has 2 atom stereocenters. The number of halogens is 1. The van der Waals surface area contributed by atoms with Crippen molar-refractivity contribution in [2.45, 2.75) is 26.1 Å². The number of aliphatic hydroxyl groups excluding tert-OH is 2. The van der Waals surface area contributed by atoms with Gasteiger partial charge >= 0.3 is 0 Å². The molecule has 1 aromatic carbocycles. The van der Waals surface area contributed by atoms with E-state index in [1.165, 1.54) is 0 Å². The smallest absolute Gasteiger partial charge is 0.125 e. The molecule has 18 heavy (non-hydrogen) atoms. The second-order valence-corrected chi connectivity index (χ2v) is 4.90. The molecule has 0 radical (unpaired) electrons. The Morgan fingerprint density at radius 2 is 2.00 bits per heavy atom. The first-order valence-corrected chi connectivity index (χ1v) is 6.70. The molecular formula is C13H19BrO4. The standard InChI is InChI=1S/C13H19BrO4/c1-3-17-7-11(16)8-18-13-5-4-10(14)6-12(13)9(2)15/h4-6,9,11,15-16H,3,7-8H2,1-2H3. The summed E-state index contributed by atoms with van der Waals surface area (Å²) in [6.07, 6.45) is -1.29. The molecule has 0 saturated heterocycles. The molecule has 0 fully saturated rings. The maximum absolute atomic E-state index is 9.65. The molecule has 0 saturated carbocycles. The summed E-state index contributed by atoms with van der Waals surface area (Å²) in [5, 5.41) is 19.3. The average molecular weight is 319 g/mol. The fraction of sp³-hybridized carbons (Fsp3) is 0.538. The van der Waals surface area contributed by atoms with E-state index in [9.17, 15) is 10.2 Å². The van der Waals surface area contributed by atoms with Gasteiger partial charge in [0.15, 0.2) is 0 Å². The molecule has 102 valence electrons. The highest BCUT2D eigenvalue weighted by atomic mass is 79.9. The summed E-state index contributed by atoms with van der Waals surface area (Å²) in [6, 6.07) is 5.39. The van der Waals surface area contributed by atoms with Gasteiger partial charge < -0.3 is 19.7 Å². The maximum atomic E-state index is 9.65. The second-order valence-electron chi connectivity index (χ2n) is 3.98. The fourth-order valence-corrected chi connectivity index (χ4v) is 1.84. The van der Waals surface area contributed by atoms with Crippen molar-refractivity contribution in [2.24, 2.45) is 0 Å². The molecule has 4 nitrogen and oxygen atoms in total. The summed E-state index contributed by atoms with van der Waals surface area (Å²) in [6.45, 7) is 4.49. The first-order chi connectivity index (χ1) is 8.54. The number of hydrogen-bond acceptors (Lipinski definition) is 4. The first kappa shape index (κ1) is 15.4. The Morgan fingerprint density at radius 1 is 1.28 bits per heavy atom. The van der Waals surface area contributed by atoms with Crippen LogP contribution in [0.3, 0.4) is 0 Å². The lowest BCUT2D eigenvalue weighted by Gasteiger charge is -2.16. The Morgan fingerprint density at radius 3 is 2.61 bits per heavy atom. The first-order valence-electron chi connectivity index (χ1n) is 5.90. The molecule has 0 aromatic heterocycles. The van der Waals surface area contributed by atoms with E-state index in [1.54, 1.807) is 19.1 Å². The molecule has 0 aliphatic carbocycles. The third-order valence-corrected chi connectivity index (χ3v) is 2.86. The van der Waals surface area contributed by atoms with Gasteiger partial charge in [0.25, 0.3) is 0 Å². The minimum atomic E-state index is -0.671. The van der Waals surface area contributed by atoms with Gasteiger partial charge in [-0.3, -0.25) is 0 Å². The van der Waals surface area contributed by atoms with Crippen LogP contribution in [0.4, 0.5) is 0 Å². The third-order valence-electron chi connectivity index (χ3n) is 2.37. The van der Waals surface area contributed by atoms with E-state index in [1.807, 2.05) is 13.0 Å². The third kappa shape index (κ3) is 4.94. The highest BCUT2D eigenvalue weighted by Gasteiger charge is 2.12. The lowest BCUT2D eigenvalue weighted by molar-refractivity contribution is 0.0158. The minimum Gasteiger partial charge on any atom is -0.490 e. The van der Waals surface area contributed by atoms with E-state index in [2.05, 4.69) is 15.9 Å². The van der Waals surface area contributed by atoms with Crippen LogP contribution in [-0.2, 0) is 4.74 Å². The van der Waals surface area contributed by atoms with Crippen molar-refractivity contribution in [3.05, 3.63) is 28.2 Å². The van der Waals surface area contributed by atoms with Gasteiger partial charge in [-0.25, -0.2) is 0 Å². The SMILES string of the molecule is CCOCC(O)COc1ccc(Br)cc1C(C)O. The van der Waals surface area contributed by atoms with Crippen molar-refractivity contribution in [2.75, 3.05) is 19.8 Å². The molecule has 2 N–H and O–H groups in total. The zero-order valence-corrected chi connectivity index (χ0v) is 12.2. The van der Waals surface area contributed by atoms with Crippen LogP contribution >= 0.6 is 15.9 Å². The van der Waals surface area contributed by atoms with Crippen LogP contribution in [0.25, 0.3) is 0 Å². The predicted octanol–water partition coefficient (Wildman–Crippen LogP) is 2.28. The van der Waals surface area contributed by atoms with E-state index in [0.29, 0.717) is 17.9 Å². The zero-order valence-electron chi connectivity index (χ0n) is 10.6. The summed E-state index contributed by atoms with van der Waals surface area (Å²) in [5.41, 5.74) is 0.688. The fourth-order valence-electron chi connectivity index (χ4n) is 1.47. The summed E-state index contributed by atoms with van der Waals surface area (Å²) in [5.74, 6) is 0.573. The molecule has 0 spiro atoms. The van der Waals surface area contributed by atoms with Gasteiger partial charge in [-0.2, -0.15) is 0 Å². The molecule has 0 aliphatic heterocycles. The lowest BCUT2D eigenvalue weighted by Crippen LogP contribution is -2.23. The van der Waals surface area contributed by atoms with Crippen LogP contribution < -0.4 is 4.74 Å². The van der Waals surface area contributed by atoms with Crippen molar-refractivity contribution in [1.82, 2.24) is 0 Å². The summed E-state index contributed by atoms with van der Waals surface area (Å²) in [7, 11) is 0. The quantitative estimate of drug-likeness (QED) is 0.809. The van der Waals surface area contributed by atoms with E-state index in [-0.39, 0.29) is 13.2 Å². The Labute approximate surface area is 116 Å². The Bertz CT molecular complexity index is 368. The van der Waals surface area contributed by atoms with Gasteiger partial charge in [0.1, 0.15) is 18.5 Å². The highest BCUT2D eigenvalue weighted by molar-refractivity contribution is 9.10. The van der Waals surface area contributed by atoms with Gasteiger partial charge in [-0.1, -0.05) is 15.9 Å². The molecule has 0 aliphatic rings. The van der Waals surface area contributed by atoms with Crippen LogP contribution in [0.15, 0.2) is 22.7 Å². The molecule has 0 bridgehead atoms. The Hall–Kier alpha value is -0.620. The van der Waals surface area contributed by atoms with E-state index < -0.39 is 12.2 Å². The monoisotopic (exact) mass is 318 g/mol. The van der Waals surface area contributed by atoms with Crippen LogP contribution in [0, 0.1) is 0 Å². The summed E-state index contributed by atoms with van der Waals surface area (Å²) in [4.78, 5) is 0. The van der Waals surface area contributed by atoms with Crippen LogP contribution in [0.1, 0.15) is 25.5 Å². The average Bonchev–Trinajstić information content (AvgIpc) is 2.34. The van der Waals surface area contributed by atoms with Gasteiger partial charge in [-0.15, -0.1) is 0 Å². The van der Waals surface area contributed by atoms with E-state index >= 15 is 0 Å². The van der Waals surface area contributed by atoms with Crippen LogP contribution in [-0.4, -0.2) is 36.1 Å². The minimum absolute atomic E-state index is 0.140. The number of aliphatic hydroxyl groups is 2. The summed E-state index contributed by atoms with van der Waals surface area (Å²) >= 11 is 3.34. The van der Waals surface area contributed by atoms with Gasteiger partial charge in [-0.05, 0) is 32.0 Å². The molecule has 2 unspecified atom stereocenters. The van der Waals surface area contributed by atoms with Gasteiger partial charge in [0.05, 0.1) is 12.7 Å². The maximum Gasteiger partial charge on any atom is 0.125 e. The van der Waals surface area contributed by atoms with Crippen molar-refractivity contribution in [3.63, 3.8) is 0 Å². The van der Waals surface area contributed by atoms with Crippen LogP contribution in [0.2, 0.25) is 0 Å². The Kier molecular flexibility index (Phi) is 6.63. The number of hydrogen-bond donors (Lipinski definition) is 2. The number of rotatable bonds is 7.